The van der Waals surface area contributed by atoms with Gasteiger partial charge in [-0.3, -0.25) is 4.79 Å². The smallest absolute Gasteiger partial charge is 0.233 e. The SMILES string of the molecule is COc1ccc([C@@H]2CCCN2C(=O)CSc2ccc(F)c(F)c2)c(OC)c1. The van der Waals surface area contributed by atoms with Gasteiger partial charge in [0.25, 0.3) is 0 Å². The molecule has 27 heavy (non-hydrogen) atoms. The van der Waals surface area contributed by atoms with E-state index in [2.05, 4.69) is 0 Å². The first kappa shape index (κ1) is 19.5. The van der Waals surface area contributed by atoms with Crippen molar-refractivity contribution in [3.63, 3.8) is 0 Å². The third-order valence-electron chi connectivity index (χ3n) is 4.63. The lowest BCUT2D eigenvalue weighted by Crippen LogP contribution is -2.32. The molecule has 4 nitrogen and oxygen atoms in total. The van der Waals surface area contributed by atoms with Crippen LogP contribution in [-0.4, -0.2) is 37.3 Å². The molecule has 0 aliphatic carbocycles. The van der Waals surface area contributed by atoms with E-state index in [-0.39, 0.29) is 17.7 Å². The quantitative estimate of drug-likeness (QED) is 0.681. The molecule has 1 fully saturated rings. The topological polar surface area (TPSA) is 38.8 Å². The minimum atomic E-state index is -0.908. The lowest BCUT2D eigenvalue weighted by Gasteiger charge is -2.26. The van der Waals surface area contributed by atoms with E-state index in [4.69, 9.17) is 9.47 Å². The number of ether oxygens (including phenoxy) is 2. The summed E-state index contributed by atoms with van der Waals surface area (Å²) in [4.78, 5) is 15.1. The summed E-state index contributed by atoms with van der Waals surface area (Å²) in [7, 11) is 3.19. The molecule has 3 rings (SSSR count). The van der Waals surface area contributed by atoms with Gasteiger partial charge in [-0.2, -0.15) is 0 Å². The average molecular weight is 393 g/mol. The number of likely N-dealkylation sites (tertiary alicyclic amines) is 1. The lowest BCUT2D eigenvalue weighted by atomic mass is 10.0. The standard InChI is InChI=1S/C20H21F2NO3S/c1-25-13-5-7-15(19(10-13)26-2)18-4-3-9-23(18)20(24)12-27-14-6-8-16(21)17(22)11-14/h5-8,10-11,18H,3-4,9,12H2,1-2H3/t18-/m0/s1. The number of thioether (sulfide) groups is 1. The highest BCUT2D eigenvalue weighted by molar-refractivity contribution is 8.00. The van der Waals surface area contributed by atoms with E-state index in [9.17, 15) is 13.6 Å². The summed E-state index contributed by atoms with van der Waals surface area (Å²) in [6, 6.07) is 9.19. The van der Waals surface area contributed by atoms with Crippen molar-refractivity contribution >= 4 is 17.7 Å². The van der Waals surface area contributed by atoms with Gasteiger partial charge in [0.1, 0.15) is 11.5 Å². The zero-order chi connectivity index (χ0) is 19.4. The highest BCUT2D eigenvalue weighted by Gasteiger charge is 2.31. The molecular weight excluding hydrogens is 372 g/mol. The van der Waals surface area contributed by atoms with Crippen LogP contribution in [-0.2, 0) is 4.79 Å². The lowest BCUT2D eigenvalue weighted by molar-refractivity contribution is -0.129. The first-order valence-electron chi connectivity index (χ1n) is 8.62. The second-order valence-electron chi connectivity index (χ2n) is 6.22. The zero-order valence-electron chi connectivity index (χ0n) is 15.2. The van der Waals surface area contributed by atoms with Crippen LogP contribution in [0.25, 0.3) is 0 Å². The van der Waals surface area contributed by atoms with Gasteiger partial charge >= 0.3 is 0 Å². The molecule has 1 atom stereocenters. The summed E-state index contributed by atoms with van der Waals surface area (Å²) in [6.45, 7) is 0.664. The van der Waals surface area contributed by atoms with E-state index in [1.54, 1.807) is 14.2 Å². The van der Waals surface area contributed by atoms with Crippen molar-refractivity contribution in [3.8, 4) is 11.5 Å². The Bertz CT molecular complexity index is 831. The number of hydrogen-bond acceptors (Lipinski definition) is 4. The van der Waals surface area contributed by atoms with Gasteiger partial charge in [-0.1, -0.05) is 0 Å². The van der Waals surface area contributed by atoms with Crippen LogP contribution in [0.1, 0.15) is 24.4 Å². The Morgan fingerprint density at radius 2 is 1.96 bits per heavy atom. The van der Waals surface area contributed by atoms with Crippen molar-refractivity contribution in [2.45, 2.75) is 23.8 Å². The Morgan fingerprint density at radius 1 is 1.15 bits per heavy atom. The number of rotatable bonds is 6. The van der Waals surface area contributed by atoms with Crippen molar-refractivity contribution in [2.24, 2.45) is 0 Å². The number of carbonyl (C=O) groups is 1. The van der Waals surface area contributed by atoms with Gasteiger partial charge in [0.15, 0.2) is 11.6 Å². The van der Waals surface area contributed by atoms with Crippen molar-refractivity contribution in [2.75, 3.05) is 26.5 Å². The van der Waals surface area contributed by atoms with Crippen LogP contribution in [0.3, 0.4) is 0 Å². The van der Waals surface area contributed by atoms with Crippen molar-refractivity contribution in [1.29, 1.82) is 0 Å². The molecule has 1 aliphatic heterocycles. The third kappa shape index (κ3) is 4.35. The third-order valence-corrected chi connectivity index (χ3v) is 5.60. The zero-order valence-corrected chi connectivity index (χ0v) is 16.0. The molecule has 7 heteroatoms. The summed E-state index contributed by atoms with van der Waals surface area (Å²) >= 11 is 1.20. The monoisotopic (exact) mass is 393 g/mol. The number of halogens is 2. The van der Waals surface area contributed by atoms with E-state index in [1.807, 2.05) is 23.1 Å². The van der Waals surface area contributed by atoms with Crippen LogP contribution in [0, 0.1) is 11.6 Å². The first-order chi connectivity index (χ1) is 13.0. The van der Waals surface area contributed by atoms with Crippen molar-refractivity contribution < 1.29 is 23.0 Å². The molecule has 0 spiro atoms. The summed E-state index contributed by atoms with van der Waals surface area (Å²) in [5.41, 5.74) is 0.946. The Labute approximate surface area is 161 Å². The van der Waals surface area contributed by atoms with Crippen LogP contribution in [0.2, 0.25) is 0 Å². The molecule has 144 valence electrons. The maximum absolute atomic E-state index is 13.3. The van der Waals surface area contributed by atoms with Gasteiger partial charge in [0, 0.05) is 23.1 Å². The number of benzene rings is 2. The molecular formula is C20H21F2NO3S. The summed E-state index contributed by atoms with van der Waals surface area (Å²) in [5.74, 6) is -0.288. The first-order valence-corrected chi connectivity index (χ1v) is 9.61. The number of amides is 1. The predicted molar refractivity (Wildman–Crippen MR) is 100 cm³/mol. The van der Waals surface area contributed by atoms with Crippen molar-refractivity contribution in [3.05, 3.63) is 53.6 Å². The fraction of sp³-hybridized carbons (Fsp3) is 0.350. The van der Waals surface area contributed by atoms with E-state index in [1.165, 1.54) is 17.8 Å². The van der Waals surface area contributed by atoms with Crippen molar-refractivity contribution in [1.82, 2.24) is 4.90 Å². The predicted octanol–water partition coefficient (Wildman–Crippen LogP) is 4.44. The van der Waals surface area contributed by atoms with Crippen LogP contribution in [0.15, 0.2) is 41.3 Å². The Kier molecular flexibility index (Phi) is 6.21. The summed E-state index contributed by atoms with van der Waals surface area (Å²) in [5, 5.41) is 0. The van der Waals surface area contributed by atoms with Crippen LogP contribution in [0.5, 0.6) is 11.5 Å². The Hall–Kier alpha value is -2.28. The molecule has 1 amide bonds. The molecule has 0 bridgehead atoms. The number of methoxy groups -OCH3 is 2. The molecule has 2 aromatic carbocycles. The molecule has 0 aromatic heterocycles. The molecule has 1 saturated heterocycles. The molecule has 0 N–H and O–H groups in total. The largest absolute Gasteiger partial charge is 0.497 e. The van der Waals surface area contributed by atoms with E-state index in [0.717, 1.165) is 30.5 Å². The molecule has 0 unspecified atom stereocenters. The second kappa shape index (κ2) is 8.61. The van der Waals surface area contributed by atoms with Gasteiger partial charge < -0.3 is 14.4 Å². The number of hydrogen-bond donors (Lipinski definition) is 0. The van der Waals surface area contributed by atoms with Gasteiger partial charge in [-0.05, 0) is 43.2 Å². The van der Waals surface area contributed by atoms with Gasteiger partial charge in [0.2, 0.25) is 5.91 Å². The Morgan fingerprint density at radius 3 is 2.67 bits per heavy atom. The minimum absolute atomic E-state index is 0.0369. The van der Waals surface area contributed by atoms with E-state index >= 15 is 0 Å². The molecule has 1 aliphatic rings. The second-order valence-corrected chi connectivity index (χ2v) is 7.27. The number of carbonyl (C=O) groups excluding carboxylic acids is 1. The minimum Gasteiger partial charge on any atom is -0.497 e. The van der Waals surface area contributed by atoms with Gasteiger partial charge in [-0.25, -0.2) is 8.78 Å². The highest BCUT2D eigenvalue weighted by Crippen LogP contribution is 2.39. The maximum atomic E-state index is 13.3. The Balaban J connectivity index is 1.72. The highest BCUT2D eigenvalue weighted by atomic mass is 32.2. The van der Waals surface area contributed by atoms with Gasteiger partial charge in [-0.15, -0.1) is 11.8 Å². The molecule has 2 aromatic rings. The van der Waals surface area contributed by atoms with Crippen LogP contribution >= 0.6 is 11.8 Å². The van der Waals surface area contributed by atoms with E-state index in [0.29, 0.717) is 22.9 Å². The average Bonchev–Trinajstić information content (AvgIpc) is 3.17. The van der Waals surface area contributed by atoms with E-state index < -0.39 is 11.6 Å². The summed E-state index contributed by atoms with van der Waals surface area (Å²) < 4.78 is 37.1. The fourth-order valence-electron chi connectivity index (χ4n) is 3.28. The van der Waals surface area contributed by atoms with Crippen LogP contribution in [0.4, 0.5) is 8.78 Å². The number of nitrogens with zero attached hydrogens (tertiary/aromatic N) is 1. The molecule has 0 radical (unpaired) electrons. The maximum Gasteiger partial charge on any atom is 0.233 e. The van der Waals surface area contributed by atoms with Crippen LogP contribution < -0.4 is 9.47 Å². The molecule has 0 saturated carbocycles. The molecule has 1 heterocycles. The van der Waals surface area contributed by atoms with Gasteiger partial charge in [0.05, 0.1) is 26.0 Å². The normalized spacial score (nSPS) is 16.4. The summed E-state index contributed by atoms with van der Waals surface area (Å²) in [6.07, 6.45) is 1.76. The fourth-order valence-corrected chi connectivity index (χ4v) is 4.08.